The van der Waals surface area contributed by atoms with Gasteiger partial charge in [-0.15, -0.1) is 37.2 Å². The van der Waals surface area contributed by atoms with Crippen molar-refractivity contribution in [2.24, 2.45) is 5.41 Å². The third-order valence-corrected chi connectivity index (χ3v) is 13.7. The first-order valence-corrected chi connectivity index (χ1v) is 17.1. The second-order valence-corrected chi connectivity index (χ2v) is 17.7. The molecular formula is C36H48Cl3SiTi. The quantitative estimate of drug-likeness (QED) is 0.175. The summed E-state index contributed by atoms with van der Waals surface area (Å²) in [4.78, 5) is 0. The van der Waals surface area contributed by atoms with E-state index < -0.39 is 8.07 Å². The Morgan fingerprint density at radius 1 is 0.610 bits per heavy atom. The van der Waals surface area contributed by atoms with Crippen LogP contribution in [0.3, 0.4) is 0 Å². The van der Waals surface area contributed by atoms with Crippen molar-refractivity contribution in [1.82, 2.24) is 0 Å². The smallest absolute Gasteiger partial charge is 0.147 e. The van der Waals surface area contributed by atoms with Gasteiger partial charge in [-0.1, -0.05) is 0 Å². The molecule has 0 aliphatic heterocycles. The normalized spacial score (nSPS) is 13.6. The maximum Gasteiger partial charge on any atom is -0.147 e. The van der Waals surface area contributed by atoms with Crippen LogP contribution < -0.4 is 15.6 Å². The summed E-state index contributed by atoms with van der Waals surface area (Å²) >= 11 is 2.36. The van der Waals surface area contributed by atoms with Crippen LogP contribution in [0, 0.1) is 5.41 Å². The van der Waals surface area contributed by atoms with Gasteiger partial charge in [-0.25, -0.2) is 0 Å². The molecule has 0 nitrogen and oxygen atoms in total. The average molecular weight is 663 g/mol. The van der Waals surface area contributed by atoms with Crippen LogP contribution in [0.15, 0.2) is 93.5 Å². The van der Waals surface area contributed by atoms with Gasteiger partial charge in [0.2, 0.25) is 0 Å². The van der Waals surface area contributed by atoms with Crippen LogP contribution in [-0.4, -0.2) is 8.07 Å². The Balaban J connectivity index is 0.00000280. The van der Waals surface area contributed by atoms with E-state index in [1.165, 1.54) is 36.1 Å². The van der Waals surface area contributed by atoms with Gasteiger partial charge in [0, 0.05) is 0 Å². The summed E-state index contributed by atoms with van der Waals surface area (Å²) in [5.41, 5.74) is 5.93. The first-order valence-electron chi connectivity index (χ1n) is 14.3. The molecule has 0 heterocycles. The summed E-state index contributed by atoms with van der Waals surface area (Å²) in [7, 11) is -2.63. The minimum atomic E-state index is -2.63. The molecule has 0 radical (unpaired) electrons. The molecule has 0 bridgehead atoms. The molecule has 0 N–H and O–H groups in total. The minimum Gasteiger partial charge on any atom is -0.147 e. The van der Waals surface area contributed by atoms with Crippen LogP contribution in [0.25, 0.3) is 0 Å². The topological polar surface area (TPSA) is 0 Å². The molecule has 0 fully saturated rings. The molecule has 221 valence electrons. The van der Waals surface area contributed by atoms with Gasteiger partial charge in [0.15, 0.2) is 0 Å². The maximum atomic E-state index is 2.61. The number of hydrogen-bond acceptors (Lipinski definition) is 0. The largest absolute Gasteiger partial charge is 0.147 e. The van der Waals surface area contributed by atoms with Gasteiger partial charge in [0.1, 0.15) is 0 Å². The molecule has 3 aromatic rings. The van der Waals surface area contributed by atoms with E-state index >= 15 is 0 Å². The number of hydrogen-bond donors (Lipinski definition) is 0. The summed E-state index contributed by atoms with van der Waals surface area (Å²) in [5.74, 6) is 1.47. The SMILES string of the molecule is CC(C)c1cccc([Si](C2=CC[C]([Ti])=C2C(C)(C)C)(c2cccc(C(C)C)c2)c2cccc(C(C)C)c2)c1.Cl.Cl.Cl. The number of allylic oxidation sites excluding steroid dienone is 4. The van der Waals surface area contributed by atoms with E-state index in [0.717, 1.165) is 6.42 Å². The van der Waals surface area contributed by atoms with E-state index in [1.807, 2.05) is 0 Å². The first-order chi connectivity index (χ1) is 17.9. The van der Waals surface area contributed by atoms with Crippen molar-refractivity contribution in [3.63, 3.8) is 0 Å². The molecule has 41 heavy (non-hydrogen) atoms. The van der Waals surface area contributed by atoms with Gasteiger partial charge in [-0.3, -0.25) is 0 Å². The zero-order valence-corrected chi connectivity index (χ0v) is 31.2. The van der Waals surface area contributed by atoms with E-state index in [4.69, 9.17) is 0 Å². The Labute approximate surface area is 281 Å². The molecular weight excluding hydrogens is 615 g/mol. The van der Waals surface area contributed by atoms with E-state index in [-0.39, 0.29) is 42.6 Å². The third-order valence-electron chi connectivity index (χ3n) is 8.19. The van der Waals surface area contributed by atoms with Crippen LogP contribution in [0.5, 0.6) is 0 Å². The summed E-state index contributed by atoms with van der Waals surface area (Å²) < 4.78 is 1.53. The molecule has 0 atom stereocenters. The van der Waals surface area contributed by atoms with Crippen molar-refractivity contribution < 1.29 is 20.4 Å². The van der Waals surface area contributed by atoms with Crippen LogP contribution >= 0.6 is 37.2 Å². The molecule has 3 aromatic carbocycles. The van der Waals surface area contributed by atoms with E-state index in [9.17, 15) is 0 Å². The van der Waals surface area contributed by atoms with Gasteiger partial charge < -0.3 is 0 Å². The van der Waals surface area contributed by atoms with Crippen molar-refractivity contribution in [3.8, 4) is 0 Å². The summed E-state index contributed by atoms with van der Waals surface area (Å²) in [6.07, 6.45) is 3.66. The second kappa shape index (κ2) is 15.1. The Morgan fingerprint density at radius 3 is 1.24 bits per heavy atom. The van der Waals surface area contributed by atoms with Gasteiger partial charge in [0.25, 0.3) is 0 Å². The van der Waals surface area contributed by atoms with Crippen molar-refractivity contribution >= 4 is 60.9 Å². The Hall–Kier alpha value is -1.06. The molecule has 1 aliphatic carbocycles. The van der Waals surface area contributed by atoms with Gasteiger partial charge >= 0.3 is 246 Å². The molecule has 0 saturated carbocycles. The van der Waals surface area contributed by atoms with Crippen LogP contribution in [0.1, 0.15) is 103 Å². The molecule has 1 aliphatic rings. The molecule has 0 amide bonds. The fourth-order valence-electron chi connectivity index (χ4n) is 6.13. The Kier molecular flexibility index (Phi) is 14.0. The zero-order valence-electron chi connectivity index (χ0n) is 26.2. The summed E-state index contributed by atoms with van der Waals surface area (Å²) in [5, 5.41) is 6.12. The van der Waals surface area contributed by atoms with Crippen molar-refractivity contribution in [2.45, 2.75) is 86.5 Å². The molecule has 0 saturated heterocycles. The predicted octanol–water partition coefficient (Wildman–Crippen LogP) is 9.51. The fourth-order valence-corrected chi connectivity index (χ4v) is 12.7. The van der Waals surface area contributed by atoms with E-state index in [0.29, 0.717) is 17.8 Å². The van der Waals surface area contributed by atoms with Crippen LogP contribution in [0.2, 0.25) is 0 Å². The van der Waals surface area contributed by atoms with Crippen molar-refractivity contribution in [2.75, 3.05) is 0 Å². The molecule has 4 rings (SSSR count). The molecule has 5 heteroatoms. The van der Waals surface area contributed by atoms with Crippen molar-refractivity contribution in [1.29, 1.82) is 0 Å². The summed E-state index contributed by atoms with van der Waals surface area (Å²) in [6, 6.07) is 28.9. The molecule has 0 aromatic heterocycles. The fraction of sp³-hybridized carbons (Fsp3) is 0.389. The monoisotopic (exact) mass is 661 g/mol. The number of rotatable bonds is 7. The second-order valence-electron chi connectivity index (χ2n) is 13.0. The number of halogens is 3. The first kappa shape index (κ1) is 38.0. The van der Waals surface area contributed by atoms with E-state index in [2.05, 4.69) is 162 Å². The van der Waals surface area contributed by atoms with Crippen molar-refractivity contribution in [3.05, 3.63) is 110 Å². The van der Waals surface area contributed by atoms with Crippen LogP contribution in [0.4, 0.5) is 0 Å². The summed E-state index contributed by atoms with van der Waals surface area (Å²) in [6.45, 7) is 21.1. The van der Waals surface area contributed by atoms with Gasteiger partial charge in [-0.2, -0.15) is 0 Å². The Morgan fingerprint density at radius 2 is 0.951 bits per heavy atom. The van der Waals surface area contributed by atoms with Gasteiger partial charge in [-0.05, 0) is 0 Å². The average Bonchev–Trinajstić information content (AvgIpc) is 3.27. The standard InChI is InChI=1S/C36H45Si.3ClH.Ti/c1-25(2)28-14-10-17-31(22-28)37(32-18-11-15-29(23-32)26(3)4,33-19-12-16-30(24-33)27(5)6)35-21-13-20-34(35)36(7,8)9;;;;/h10-12,14-19,21-27H,13H2,1-9H3;3*1H;. The van der Waals surface area contributed by atoms with Crippen LogP contribution in [-0.2, 0) is 20.4 Å². The molecule has 0 spiro atoms. The maximum absolute atomic E-state index is 2.63. The minimum absolute atomic E-state index is 0. The zero-order chi connectivity index (χ0) is 27.8. The third kappa shape index (κ3) is 7.54. The molecule has 0 unspecified atom stereocenters. The number of benzene rings is 3. The van der Waals surface area contributed by atoms with E-state index in [1.54, 1.807) is 10.8 Å². The predicted molar refractivity (Wildman–Crippen MR) is 187 cm³/mol. The Bertz CT molecular complexity index is 1250. The van der Waals surface area contributed by atoms with Gasteiger partial charge in [0.05, 0.1) is 0 Å².